The number of aromatic nitrogens is 2. The van der Waals surface area contributed by atoms with E-state index in [0.717, 1.165) is 17.8 Å². The van der Waals surface area contributed by atoms with Crippen molar-refractivity contribution < 1.29 is 4.79 Å². The molecule has 0 saturated heterocycles. The standard InChI is InChI=1S/C11H18N4O/c1-8-9(7-14-15-8)6-13-11(16)4-5-12-10-2-3-10/h7,10,12H,2-6H2,1H3,(H,13,16)(H,14,15). The number of carbonyl (C=O) groups excluding carboxylic acids is 1. The lowest BCUT2D eigenvalue weighted by atomic mass is 10.2. The summed E-state index contributed by atoms with van der Waals surface area (Å²) in [5.41, 5.74) is 2.06. The van der Waals surface area contributed by atoms with Gasteiger partial charge in [-0.15, -0.1) is 0 Å². The normalized spacial score (nSPS) is 15.1. The van der Waals surface area contributed by atoms with Crippen molar-refractivity contribution in [3.8, 4) is 0 Å². The second-order valence-corrected chi connectivity index (χ2v) is 4.28. The molecule has 0 spiro atoms. The monoisotopic (exact) mass is 222 g/mol. The fourth-order valence-corrected chi connectivity index (χ4v) is 1.51. The van der Waals surface area contributed by atoms with E-state index >= 15 is 0 Å². The fraction of sp³-hybridized carbons (Fsp3) is 0.636. The first-order valence-corrected chi connectivity index (χ1v) is 5.74. The van der Waals surface area contributed by atoms with Gasteiger partial charge in [0, 0.05) is 36.8 Å². The molecule has 5 heteroatoms. The predicted octanol–water partition coefficient (Wildman–Crippen LogP) is 0.476. The molecule has 1 aliphatic rings. The first-order chi connectivity index (χ1) is 7.75. The van der Waals surface area contributed by atoms with Crippen LogP contribution in [0, 0.1) is 6.92 Å². The third kappa shape index (κ3) is 3.34. The van der Waals surface area contributed by atoms with Crippen LogP contribution >= 0.6 is 0 Å². The Morgan fingerprint density at radius 2 is 2.44 bits per heavy atom. The summed E-state index contributed by atoms with van der Waals surface area (Å²) < 4.78 is 0. The zero-order chi connectivity index (χ0) is 11.4. The summed E-state index contributed by atoms with van der Waals surface area (Å²) in [5.74, 6) is 0.0914. The van der Waals surface area contributed by atoms with Gasteiger partial charge in [-0.2, -0.15) is 5.10 Å². The topological polar surface area (TPSA) is 69.8 Å². The average molecular weight is 222 g/mol. The first-order valence-electron chi connectivity index (χ1n) is 5.74. The smallest absolute Gasteiger partial charge is 0.221 e. The van der Waals surface area contributed by atoms with E-state index in [-0.39, 0.29) is 5.91 Å². The molecule has 1 amide bonds. The molecule has 0 aromatic carbocycles. The summed E-state index contributed by atoms with van der Waals surface area (Å²) in [5, 5.41) is 12.9. The summed E-state index contributed by atoms with van der Waals surface area (Å²) in [6.45, 7) is 3.29. The van der Waals surface area contributed by atoms with Crippen LogP contribution in [0.5, 0.6) is 0 Å². The number of hydrogen-bond donors (Lipinski definition) is 3. The van der Waals surface area contributed by atoms with Gasteiger partial charge in [0.05, 0.1) is 6.20 Å². The molecular formula is C11H18N4O. The Morgan fingerprint density at radius 1 is 1.62 bits per heavy atom. The van der Waals surface area contributed by atoms with E-state index in [1.807, 2.05) is 6.92 Å². The highest BCUT2D eigenvalue weighted by Gasteiger charge is 2.19. The van der Waals surface area contributed by atoms with Crippen molar-refractivity contribution in [3.63, 3.8) is 0 Å². The van der Waals surface area contributed by atoms with E-state index in [1.165, 1.54) is 12.8 Å². The summed E-state index contributed by atoms with van der Waals surface area (Å²) >= 11 is 0. The Labute approximate surface area is 95.0 Å². The molecule has 1 aromatic heterocycles. The highest BCUT2D eigenvalue weighted by molar-refractivity contribution is 5.76. The zero-order valence-corrected chi connectivity index (χ0v) is 9.55. The minimum absolute atomic E-state index is 0.0914. The molecule has 88 valence electrons. The number of H-pyrrole nitrogens is 1. The molecule has 0 atom stereocenters. The largest absolute Gasteiger partial charge is 0.352 e. The molecule has 0 aliphatic heterocycles. The maximum atomic E-state index is 11.5. The van der Waals surface area contributed by atoms with Gasteiger partial charge >= 0.3 is 0 Å². The summed E-state index contributed by atoms with van der Waals surface area (Å²) in [6, 6.07) is 0.670. The lowest BCUT2D eigenvalue weighted by Crippen LogP contribution is -2.28. The van der Waals surface area contributed by atoms with Gasteiger partial charge in [0.25, 0.3) is 0 Å². The number of aromatic amines is 1. The molecule has 2 rings (SSSR count). The highest BCUT2D eigenvalue weighted by Crippen LogP contribution is 2.18. The molecule has 3 N–H and O–H groups in total. The van der Waals surface area contributed by atoms with E-state index in [2.05, 4.69) is 20.8 Å². The average Bonchev–Trinajstić information content (AvgIpc) is 2.99. The Bertz CT molecular complexity index is 357. The maximum absolute atomic E-state index is 11.5. The maximum Gasteiger partial charge on any atom is 0.221 e. The SMILES string of the molecule is Cc1[nH]ncc1CNC(=O)CCNC1CC1. The number of rotatable bonds is 6. The van der Waals surface area contributed by atoms with Crippen LogP contribution in [-0.2, 0) is 11.3 Å². The van der Waals surface area contributed by atoms with Crippen molar-refractivity contribution in [1.29, 1.82) is 0 Å². The Hall–Kier alpha value is -1.36. The quantitative estimate of drug-likeness (QED) is 0.655. The second-order valence-electron chi connectivity index (χ2n) is 4.28. The molecule has 0 bridgehead atoms. The molecular weight excluding hydrogens is 204 g/mol. The van der Waals surface area contributed by atoms with Crippen molar-refractivity contribution in [2.75, 3.05) is 6.54 Å². The number of hydrogen-bond acceptors (Lipinski definition) is 3. The van der Waals surface area contributed by atoms with Gasteiger partial charge in [0.15, 0.2) is 0 Å². The zero-order valence-electron chi connectivity index (χ0n) is 9.55. The number of amides is 1. The van der Waals surface area contributed by atoms with E-state index < -0.39 is 0 Å². The van der Waals surface area contributed by atoms with Crippen LogP contribution < -0.4 is 10.6 Å². The number of carbonyl (C=O) groups is 1. The Morgan fingerprint density at radius 3 is 3.06 bits per heavy atom. The van der Waals surface area contributed by atoms with E-state index in [1.54, 1.807) is 6.20 Å². The van der Waals surface area contributed by atoms with Crippen molar-refractivity contribution in [1.82, 2.24) is 20.8 Å². The molecule has 1 aliphatic carbocycles. The Balaban J connectivity index is 1.61. The van der Waals surface area contributed by atoms with Gasteiger partial charge in [-0.05, 0) is 19.8 Å². The fourth-order valence-electron chi connectivity index (χ4n) is 1.51. The number of nitrogens with one attached hydrogen (secondary N) is 3. The minimum atomic E-state index is 0.0914. The van der Waals surface area contributed by atoms with E-state index in [4.69, 9.17) is 0 Å². The third-order valence-electron chi connectivity index (χ3n) is 2.77. The number of aryl methyl sites for hydroxylation is 1. The molecule has 16 heavy (non-hydrogen) atoms. The molecule has 1 heterocycles. The van der Waals surface area contributed by atoms with Crippen LogP contribution in [-0.4, -0.2) is 28.7 Å². The highest BCUT2D eigenvalue weighted by atomic mass is 16.1. The van der Waals surface area contributed by atoms with Gasteiger partial charge in [-0.3, -0.25) is 9.89 Å². The molecule has 1 fully saturated rings. The lowest BCUT2D eigenvalue weighted by Gasteiger charge is -2.05. The lowest BCUT2D eigenvalue weighted by molar-refractivity contribution is -0.121. The van der Waals surface area contributed by atoms with Crippen LogP contribution in [0.3, 0.4) is 0 Å². The molecule has 5 nitrogen and oxygen atoms in total. The molecule has 0 unspecified atom stereocenters. The van der Waals surface area contributed by atoms with Gasteiger partial charge in [0.2, 0.25) is 5.91 Å². The summed E-state index contributed by atoms with van der Waals surface area (Å²) in [4.78, 5) is 11.5. The van der Waals surface area contributed by atoms with E-state index in [0.29, 0.717) is 19.0 Å². The van der Waals surface area contributed by atoms with Crippen molar-refractivity contribution in [2.45, 2.75) is 38.8 Å². The number of nitrogens with zero attached hydrogens (tertiary/aromatic N) is 1. The third-order valence-corrected chi connectivity index (χ3v) is 2.77. The first kappa shape index (κ1) is 11.1. The van der Waals surface area contributed by atoms with Gasteiger partial charge in [-0.25, -0.2) is 0 Å². The van der Waals surface area contributed by atoms with Crippen LogP contribution in [0.25, 0.3) is 0 Å². The Kier molecular flexibility index (Phi) is 3.56. The van der Waals surface area contributed by atoms with Crippen molar-refractivity contribution in [3.05, 3.63) is 17.5 Å². The van der Waals surface area contributed by atoms with Gasteiger partial charge < -0.3 is 10.6 Å². The van der Waals surface area contributed by atoms with Crippen LogP contribution in [0.1, 0.15) is 30.5 Å². The van der Waals surface area contributed by atoms with Crippen molar-refractivity contribution >= 4 is 5.91 Å². The van der Waals surface area contributed by atoms with E-state index in [9.17, 15) is 4.79 Å². The van der Waals surface area contributed by atoms with Crippen molar-refractivity contribution in [2.24, 2.45) is 0 Å². The second kappa shape index (κ2) is 5.12. The van der Waals surface area contributed by atoms with Crippen LogP contribution in [0.4, 0.5) is 0 Å². The van der Waals surface area contributed by atoms with Crippen LogP contribution in [0.2, 0.25) is 0 Å². The predicted molar refractivity (Wildman–Crippen MR) is 60.8 cm³/mol. The molecule has 0 radical (unpaired) electrons. The molecule has 1 saturated carbocycles. The minimum Gasteiger partial charge on any atom is -0.352 e. The molecule has 1 aromatic rings. The summed E-state index contributed by atoms with van der Waals surface area (Å²) in [7, 11) is 0. The van der Waals surface area contributed by atoms with Gasteiger partial charge in [-0.1, -0.05) is 0 Å². The van der Waals surface area contributed by atoms with Crippen LogP contribution in [0.15, 0.2) is 6.20 Å². The summed E-state index contributed by atoms with van der Waals surface area (Å²) in [6.07, 6.45) is 4.82. The van der Waals surface area contributed by atoms with Gasteiger partial charge in [0.1, 0.15) is 0 Å².